The summed E-state index contributed by atoms with van der Waals surface area (Å²) in [5.74, 6) is 1.37. The standard InChI is InChI=1S/C21H37N5O3SSi/c1-22-30(27,28)14-17-6-8-18(9-7-17)25(2)20-19-10-11-26(21(19)24-15-23-20)16-29-12-13-31(3,4)5/h10-11,15,17-18,22H,6-9,12-14,16H2,1-5H3. The molecule has 0 atom stereocenters. The number of nitrogens with one attached hydrogen (secondary N) is 1. The number of hydrogen-bond acceptors (Lipinski definition) is 6. The molecule has 0 unspecified atom stereocenters. The lowest BCUT2D eigenvalue weighted by Crippen LogP contribution is -2.38. The third-order valence-electron chi connectivity index (χ3n) is 6.23. The molecule has 0 radical (unpaired) electrons. The largest absolute Gasteiger partial charge is 0.361 e. The molecule has 174 valence electrons. The van der Waals surface area contributed by atoms with Gasteiger partial charge in [0.2, 0.25) is 10.0 Å². The predicted octanol–water partition coefficient (Wildman–Crippen LogP) is 3.29. The van der Waals surface area contributed by atoms with E-state index < -0.39 is 18.1 Å². The normalized spacial score (nSPS) is 20.3. The topological polar surface area (TPSA) is 89.4 Å². The summed E-state index contributed by atoms with van der Waals surface area (Å²) in [7, 11) is -0.683. The fraction of sp³-hybridized carbons (Fsp3) is 0.714. The van der Waals surface area contributed by atoms with Crippen LogP contribution in [0.3, 0.4) is 0 Å². The number of hydrogen-bond donors (Lipinski definition) is 1. The van der Waals surface area contributed by atoms with Gasteiger partial charge in [0.15, 0.2) is 0 Å². The van der Waals surface area contributed by atoms with Crippen molar-refractivity contribution in [2.45, 2.75) is 64.1 Å². The molecule has 1 saturated carbocycles. The maximum absolute atomic E-state index is 11.8. The van der Waals surface area contributed by atoms with Crippen LogP contribution in [0.4, 0.5) is 5.82 Å². The first kappa shape index (κ1) is 24.2. The van der Waals surface area contributed by atoms with Gasteiger partial charge in [-0.3, -0.25) is 0 Å². The van der Waals surface area contributed by atoms with Crippen LogP contribution in [0.1, 0.15) is 25.7 Å². The first-order valence-electron chi connectivity index (χ1n) is 11.1. The first-order valence-corrected chi connectivity index (χ1v) is 16.5. The zero-order valence-corrected chi connectivity index (χ0v) is 21.3. The van der Waals surface area contributed by atoms with E-state index >= 15 is 0 Å². The Kier molecular flexibility index (Phi) is 7.77. The van der Waals surface area contributed by atoms with E-state index in [2.05, 4.69) is 52.3 Å². The molecule has 1 aliphatic carbocycles. The minimum absolute atomic E-state index is 0.220. The number of ether oxygens (including phenoxy) is 1. The van der Waals surface area contributed by atoms with Crippen molar-refractivity contribution in [3.05, 3.63) is 18.6 Å². The quantitative estimate of drug-likeness (QED) is 0.426. The van der Waals surface area contributed by atoms with Crippen LogP contribution in [0.5, 0.6) is 0 Å². The van der Waals surface area contributed by atoms with Crippen molar-refractivity contribution in [3.8, 4) is 0 Å². The number of anilines is 1. The van der Waals surface area contributed by atoms with Crippen molar-refractivity contribution >= 4 is 34.9 Å². The highest BCUT2D eigenvalue weighted by Gasteiger charge is 2.28. The van der Waals surface area contributed by atoms with Crippen LogP contribution in [0, 0.1) is 5.92 Å². The summed E-state index contributed by atoms with van der Waals surface area (Å²) in [6.45, 7) is 8.33. The summed E-state index contributed by atoms with van der Waals surface area (Å²) in [6.07, 6.45) is 7.40. The molecule has 1 N–H and O–H groups in total. The molecule has 1 aliphatic rings. The molecule has 8 nitrogen and oxygen atoms in total. The van der Waals surface area contributed by atoms with Gasteiger partial charge in [0, 0.05) is 34.0 Å². The van der Waals surface area contributed by atoms with E-state index in [1.807, 2.05) is 10.8 Å². The maximum Gasteiger partial charge on any atom is 0.211 e. The summed E-state index contributed by atoms with van der Waals surface area (Å²) in [6, 6.07) is 3.56. The number of nitrogens with zero attached hydrogens (tertiary/aromatic N) is 4. The molecule has 31 heavy (non-hydrogen) atoms. The second kappa shape index (κ2) is 9.97. The SMILES string of the molecule is CNS(=O)(=O)CC1CCC(N(C)c2ncnc3c2ccn3COCC[Si](C)(C)C)CC1. The summed E-state index contributed by atoms with van der Waals surface area (Å²) in [5.41, 5.74) is 0.888. The van der Waals surface area contributed by atoms with E-state index in [0.29, 0.717) is 12.8 Å². The first-order chi connectivity index (χ1) is 14.6. The van der Waals surface area contributed by atoms with Gasteiger partial charge in [-0.15, -0.1) is 0 Å². The number of fused-ring (bicyclic) bond motifs is 1. The van der Waals surface area contributed by atoms with Crippen LogP contribution in [-0.2, 0) is 21.5 Å². The molecule has 0 spiro atoms. The molecule has 2 heterocycles. The van der Waals surface area contributed by atoms with E-state index in [-0.39, 0.29) is 11.7 Å². The second-order valence-electron chi connectivity index (χ2n) is 9.84. The van der Waals surface area contributed by atoms with Crippen molar-refractivity contribution in [2.75, 3.05) is 31.4 Å². The molecule has 2 aromatic heterocycles. The van der Waals surface area contributed by atoms with Crippen LogP contribution in [-0.4, -0.2) is 63.5 Å². The van der Waals surface area contributed by atoms with Crippen molar-refractivity contribution < 1.29 is 13.2 Å². The van der Waals surface area contributed by atoms with Crippen LogP contribution >= 0.6 is 0 Å². The van der Waals surface area contributed by atoms with E-state index in [4.69, 9.17) is 4.74 Å². The summed E-state index contributed by atoms with van der Waals surface area (Å²) in [4.78, 5) is 11.3. The highest BCUT2D eigenvalue weighted by molar-refractivity contribution is 7.89. The number of sulfonamides is 1. The maximum atomic E-state index is 11.8. The summed E-state index contributed by atoms with van der Waals surface area (Å²) >= 11 is 0. The fourth-order valence-corrected chi connectivity index (χ4v) is 6.06. The minimum atomic E-state index is -3.15. The molecular formula is C21H37N5O3SSi. The molecule has 10 heteroatoms. The number of rotatable bonds is 10. The highest BCUT2D eigenvalue weighted by atomic mass is 32.2. The van der Waals surface area contributed by atoms with Gasteiger partial charge in [-0.05, 0) is 50.8 Å². The third kappa shape index (κ3) is 6.50. The Morgan fingerprint density at radius 2 is 1.94 bits per heavy atom. The average molecular weight is 468 g/mol. The van der Waals surface area contributed by atoms with Gasteiger partial charge >= 0.3 is 0 Å². The lowest BCUT2D eigenvalue weighted by atomic mass is 9.86. The van der Waals surface area contributed by atoms with Crippen LogP contribution < -0.4 is 9.62 Å². The summed E-state index contributed by atoms with van der Waals surface area (Å²) < 4.78 is 34.1. The lowest BCUT2D eigenvalue weighted by Gasteiger charge is -2.35. The van der Waals surface area contributed by atoms with Gasteiger partial charge in [-0.2, -0.15) is 0 Å². The molecule has 1 fully saturated rings. The van der Waals surface area contributed by atoms with Crippen LogP contribution in [0.2, 0.25) is 25.7 Å². The Hall–Kier alpha value is -1.49. The molecule has 0 aliphatic heterocycles. The zero-order chi connectivity index (χ0) is 22.6. The Labute approximate surface area is 187 Å². The van der Waals surface area contributed by atoms with Crippen LogP contribution in [0.15, 0.2) is 18.6 Å². The molecule has 3 rings (SSSR count). The fourth-order valence-electron chi connectivity index (χ4n) is 4.18. The van der Waals surface area contributed by atoms with Crippen molar-refractivity contribution in [3.63, 3.8) is 0 Å². The molecule has 0 bridgehead atoms. The van der Waals surface area contributed by atoms with Gasteiger partial charge < -0.3 is 14.2 Å². The third-order valence-corrected chi connectivity index (χ3v) is 9.46. The molecule has 0 saturated heterocycles. The van der Waals surface area contributed by atoms with Crippen molar-refractivity contribution in [2.24, 2.45) is 5.92 Å². The van der Waals surface area contributed by atoms with Gasteiger partial charge in [0.05, 0.1) is 11.1 Å². The molecular weight excluding hydrogens is 430 g/mol. The van der Waals surface area contributed by atoms with E-state index in [0.717, 1.165) is 55.2 Å². The zero-order valence-electron chi connectivity index (χ0n) is 19.5. The van der Waals surface area contributed by atoms with E-state index in [1.54, 1.807) is 6.33 Å². The van der Waals surface area contributed by atoms with Gasteiger partial charge in [-0.1, -0.05) is 19.6 Å². The summed E-state index contributed by atoms with van der Waals surface area (Å²) in [5, 5.41) is 1.03. The average Bonchev–Trinajstić information content (AvgIpc) is 3.13. The lowest BCUT2D eigenvalue weighted by molar-refractivity contribution is 0.0899. The van der Waals surface area contributed by atoms with E-state index in [9.17, 15) is 8.42 Å². The molecule has 0 amide bonds. The van der Waals surface area contributed by atoms with Crippen molar-refractivity contribution in [1.29, 1.82) is 0 Å². The van der Waals surface area contributed by atoms with Crippen molar-refractivity contribution in [1.82, 2.24) is 19.3 Å². The molecule has 2 aromatic rings. The smallest absolute Gasteiger partial charge is 0.211 e. The monoisotopic (exact) mass is 467 g/mol. The Bertz CT molecular complexity index is 965. The van der Waals surface area contributed by atoms with Crippen LogP contribution in [0.25, 0.3) is 11.0 Å². The molecule has 0 aromatic carbocycles. The highest BCUT2D eigenvalue weighted by Crippen LogP contribution is 2.32. The minimum Gasteiger partial charge on any atom is -0.361 e. The Balaban J connectivity index is 1.63. The predicted molar refractivity (Wildman–Crippen MR) is 129 cm³/mol. The van der Waals surface area contributed by atoms with Gasteiger partial charge in [-0.25, -0.2) is 23.1 Å². The van der Waals surface area contributed by atoms with E-state index in [1.165, 1.54) is 7.05 Å². The second-order valence-corrected chi connectivity index (χ2v) is 17.4. The number of aromatic nitrogens is 3. The van der Waals surface area contributed by atoms with Gasteiger partial charge in [0.25, 0.3) is 0 Å². The Morgan fingerprint density at radius 1 is 1.23 bits per heavy atom. The van der Waals surface area contributed by atoms with Gasteiger partial charge in [0.1, 0.15) is 24.5 Å². The Morgan fingerprint density at radius 3 is 2.58 bits per heavy atom.